The van der Waals surface area contributed by atoms with Crippen molar-refractivity contribution >= 4 is 12.4 Å². The molecule has 66 valence electrons. The van der Waals surface area contributed by atoms with Crippen LogP contribution in [0.15, 0.2) is 0 Å². The summed E-state index contributed by atoms with van der Waals surface area (Å²) >= 11 is 0. The molecular formula is C7H15NO3. The van der Waals surface area contributed by atoms with E-state index in [4.69, 9.17) is 5.11 Å². The highest BCUT2D eigenvalue weighted by atomic mass is 16.4. The quantitative estimate of drug-likeness (QED) is 0.591. The van der Waals surface area contributed by atoms with Crippen molar-refractivity contribution in [3.8, 4) is 0 Å². The zero-order chi connectivity index (χ0) is 9.28. The lowest BCUT2D eigenvalue weighted by molar-refractivity contribution is -0.136. The van der Waals surface area contributed by atoms with Gasteiger partial charge in [0.1, 0.15) is 6.54 Å². The molecule has 0 fully saturated rings. The second kappa shape index (κ2) is 8.94. The SMILES string of the molecule is CC(C)C.O=CNCC(=O)O. The lowest BCUT2D eigenvalue weighted by atomic mass is 10.3. The first kappa shape index (κ1) is 12.6. The van der Waals surface area contributed by atoms with Gasteiger partial charge in [-0.15, -0.1) is 0 Å². The van der Waals surface area contributed by atoms with Crippen molar-refractivity contribution in [1.82, 2.24) is 5.32 Å². The third-order valence-electron chi connectivity index (χ3n) is 0.337. The molecule has 0 atom stereocenters. The van der Waals surface area contributed by atoms with E-state index in [-0.39, 0.29) is 6.54 Å². The van der Waals surface area contributed by atoms with Crippen LogP contribution in [0.3, 0.4) is 0 Å². The zero-order valence-corrected chi connectivity index (χ0v) is 7.13. The normalized spacial score (nSPS) is 8.00. The van der Waals surface area contributed by atoms with Crippen LogP contribution >= 0.6 is 0 Å². The van der Waals surface area contributed by atoms with Crippen molar-refractivity contribution in [2.45, 2.75) is 20.8 Å². The number of hydrogen-bond acceptors (Lipinski definition) is 2. The first-order valence-electron chi connectivity index (χ1n) is 3.39. The summed E-state index contributed by atoms with van der Waals surface area (Å²) in [7, 11) is 0. The van der Waals surface area contributed by atoms with Crippen molar-refractivity contribution in [1.29, 1.82) is 0 Å². The summed E-state index contributed by atoms with van der Waals surface area (Å²) in [5, 5.41) is 9.79. The molecule has 0 aliphatic heterocycles. The van der Waals surface area contributed by atoms with Gasteiger partial charge in [-0.2, -0.15) is 0 Å². The van der Waals surface area contributed by atoms with Crippen molar-refractivity contribution in [3.63, 3.8) is 0 Å². The molecule has 11 heavy (non-hydrogen) atoms. The summed E-state index contributed by atoms with van der Waals surface area (Å²) in [4.78, 5) is 18.9. The second-order valence-electron chi connectivity index (χ2n) is 2.62. The molecule has 0 saturated heterocycles. The molecular weight excluding hydrogens is 146 g/mol. The molecule has 0 aromatic rings. The maximum atomic E-state index is 9.54. The molecule has 4 heteroatoms. The smallest absolute Gasteiger partial charge is 0.322 e. The Balaban J connectivity index is 0. The highest BCUT2D eigenvalue weighted by molar-refractivity contribution is 5.71. The molecule has 0 saturated carbocycles. The van der Waals surface area contributed by atoms with Crippen LogP contribution in [0, 0.1) is 5.92 Å². The molecule has 0 aromatic heterocycles. The van der Waals surface area contributed by atoms with E-state index in [0.717, 1.165) is 5.92 Å². The van der Waals surface area contributed by atoms with E-state index in [9.17, 15) is 9.59 Å². The summed E-state index contributed by atoms with van der Waals surface area (Å²) < 4.78 is 0. The average Bonchev–Trinajstić information content (AvgIpc) is 1.82. The van der Waals surface area contributed by atoms with E-state index in [2.05, 4.69) is 20.8 Å². The minimum atomic E-state index is -1.04. The first-order valence-corrected chi connectivity index (χ1v) is 3.39. The zero-order valence-electron chi connectivity index (χ0n) is 7.13. The van der Waals surface area contributed by atoms with E-state index in [0.29, 0.717) is 6.41 Å². The number of hydrogen-bond donors (Lipinski definition) is 2. The fourth-order valence-electron chi connectivity index (χ4n) is 0.129. The Hall–Kier alpha value is -1.06. The Bertz CT molecular complexity index is 109. The minimum Gasteiger partial charge on any atom is -0.480 e. The Morgan fingerprint density at radius 2 is 1.91 bits per heavy atom. The number of amides is 1. The molecule has 0 aliphatic rings. The van der Waals surface area contributed by atoms with E-state index >= 15 is 0 Å². The predicted molar refractivity (Wildman–Crippen MR) is 42.2 cm³/mol. The highest BCUT2D eigenvalue weighted by Gasteiger charge is 1.88. The largest absolute Gasteiger partial charge is 0.480 e. The van der Waals surface area contributed by atoms with Crippen LogP contribution < -0.4 is 5.32 Å². The van der Waals surface area contributed by atoms with Crippen LogP contribution in [0.1, 0.15) is 20.8 Å². The van der Waals surface area contributed by atoms with Gasteiger partial charge in [-0.3, -0.25) is 9.59 Å². The number of carboxylic acid groups (broad SMARTS) is 1. The molecule has 0 heterocycles. The van der Waals surface area contributed by atoms with Gasteiger partial charge < -0.3 is 10.4 Å². The first-order chi connectivity index (χ1) is 5.00. The van der Waals surface area contributed by atoms with Crippen molar-refractivity contribution in [3.05, 3.63) is 0 Å². The van der Waals surface area contributed by atoms with Gasteiger partial charge in [0.2, 0.25) is 6.41 Å². The molecule has 1 amide bonds. The van der Waals surface area contributed by atoms with Gasteiger partial charge in [0.15, 0.2) is 0 Å². The second-order valence-corrected chi connectivity index (χ2v) is 2.62. The summed E-state index contributed by atoms with van der Waals surface area (Å²) in [6, 6.07) is 0. The van der Waals surface area contributed by atoms with Crippen LogP contribution in [0.25, 0.3) is 0 Å². The monoisotopic (exact) mass is 161 g/mol. The third-order valence-corrected chi connectivity index (χ3v) is 0.337. The van der Waals surface area contributed by atoms with Crippen molar-refractivity contribution in [2.75, 3.05) is 6.54 Å². The minimum absolute atomic E-state index is 0.302. The molecule has 0 aromatic carbocycles. The fourth-order valence-corrected chi connectivity index (χ4v) is 0.129. The van der Waals surface area contributed by atoms with Gasteiger partial charge in [-0.05, 0) is 5.92 Å². The standard InChI is InChI=1S/C4H10.C3H5NO3/c1-4(2)3;5-2-4-1-3(6)7/h4H,1-3H3;2H,1H2,(H,4,5)(H,6,7). The lowest BCUT2D eigenvalue weighted by Crippen LogP contribution is -2.20. The van der Waals surface area contributed by atoms with Gasteiger partial charge in [0.25, 0.3) is 0 Å². The lowest BCUT2D eigenvalue weighted by Gasteiger charge is -1.85. The van der Waals surface area contributed by atoms with Crippen LogP contribution in [0.2, 0.25) is 0 Å². The molecule has 2 N–H and O–H groups in total. The molecule has 0 bridgehead atoms. The maximum Gasteiger partial charge on any atom is 0.322 e. The van der Waals surface area contributed by atoms with Crippen LogP contribution in [0.4, 0.5) is 0 Å². The number of aliphatic carboxylic acids is 1. The van der Waals surface area contributed by atoms with Crippen LogP contribution in [0.5, 0.6) is 0 Å². The van der Waals surface area contributed by atoms with Gasteiger partial charge in [0, 0.05) is 0 Å². The summed E-state index contributed by atoms with van der Waals surface area (Å²) in [5.41, 5.74) is 0. The summed E-state index contributed by atoms with van der Waals surface area (Å²) in [6.45, 7) is 6.20. The molecule has 4 nitrogen and oxygen atoms in total. The number of carbonyl (C=O) groups excluding carboxylic acids is 1. The van der Waals surface area contributed by atoms with Gasteiger partial charge in [0.05, 0.1) is 0 Å². The molecule has 0 spiro atoms. The van der Waals surface area contributed by atoms with E-state index in [1.807, 2.05) is 5.32 Å². The Morgan fingerprint density at radius 3 is 2.00 bits per heavy atom. The Labute approximate surface area is 66.6 Å². The topological polar surface area (TPSA) is 66.4 Å². The molecule has 0 unspecified atom stereocenters. The molecule has 0 radical (unpaired) electrons. The third kappa shape index (κ3) is 49.8. The molecule has 0 rings (SSSR count). The van der Waals surface area contributed by atoms with E-state index in [1.165, 1.54) is 0 Å². The maximum absolute atomic E-state index is 9.54. The predicted octanol–water partition coefficient (Wildman–Crippen LogP) is 0.479. The Morgan fingerprint density at radius 1 is 1.55 bits per heavy atom. The van der Waals surface area contributed by atoms with E-state index in [1.54, 1.807) is 0 Å². The van der Waals surface area contributed by atoms with E-state index < -0.39 is 5.97 Å². The summed E-state index contributed by atoms with van der Waals surface area (Å²) in [5.74, 6) is -0.202. The number of carboxylic acids is 1. The van der Waals surface area contributed by atoms with Gasteiger partial charge in [-0.25, -0.2) is 0 Å². The fraction of sp³-hybridized carbons (Fsp3) is 0.714. The van der Waals surface area contributed by atoms with Crippen LogP contribution in [-0.2, 0) is 9.59 Å². The average molecular weight is 161 g/mol. The van der Waals surface area contributed by atoms with Crippen molar-refractivity contribution in [2.24, 2.45) is 5.92 Å². The van der Waals surface area contributed by atoms with Crippen molar-refractivity contribution < 1.29 is 14.7 Å². The number of rotatable bonds is 3. The van der Waals surface area contributed by atoms with Crippen LogP contribution in [-0.4, -0.2) is 24.0 Å². The Kier molecular flexibility index (Phi) is 10.2. The summed E-state index contributed by atoms with van der Waals surface area (Å²) in [6.07, 6.45) is 0.341. The number of nitrogens with one attached hydrogen (secondary N) is 1. The van der Waals surface area contributed by atoms with Gasteiger partial charge in [-0.1, -0.05) is 20.8 Å². The van der Waals surface area contributed by atoms with Gasteiger partial charge >= 0.3 is 5.97 Å². The highest BCUT2D eigenvalue weighted by Crippen LogP contribution is 1.81. The molecule has 0 aliphatic carbocycles. The number of carbonyl (C=O) groups is 2.